The smallest absolute Gasteiger partial charge is 0.303 e. The Balaban J connectivity index is 2.03. The van der Waals surface area contributed by atoms with E-state index < -0.39 is 16.0 Å². The lowest BCUT2D eigenvalue weighted by atomic mass is 9.69. The number of carboxylic acid groups (broad SMARTS) is 1. The van der Waals surface area contributed by atoms with E-state index in [0.717, 1.165) is 12.8 Å². The maximum absolute atomic E-state index is 12.2. The quantitative estimate of drug-likeness (QED) is 0.786. The fourth-order valence-corrected chi connectivity index (χ4v) is 5.84. The average molecular weight is 303 g/mol. The molecule has 2 fully saturated rings. The molecule has 0 aliphatic heterocycles. The van der Waals surface area contributed by atoms with Crippen molar-refractivity contribution in [2.24, 2.45) is 16.7 Å². The summed E-state index contributed by atoms with van der Waals surface area (Å²) >= 11 is 0. The molecule has 0 heterocycles. The predicted octanol–water partition coefficient (Wildman–Crippen LogP) is 1.99. The Hall–Kier alpha value is -0.620. The zero-order valence-corrected chi connectivity index (χ0v) is 13.3. The monoisotopic (exact) mass is 303 g/mol. The van der Waals surface area contributed by atoms with Crippen LogP contribution in [-0.4, -0.2) is 31.3 Å². The summed E-state index contributed by atoms with van der Waals surface area (Å²) in [4.78, 5) is 10.5. The minimum atomic E-state index is -3.41. The fourth-order valence-electron chi connectivity index (χ4n) is 4.25. The molecular formula is C14H25NO4S. The predicted molar refractivity (Wildman–Crippen MR) is 76.8 cm³/mol. The molecule has 0 amide bonds. The zero-order chi connectivity index (χ0) is 15.2. The van der Waals surface area contributed by atoms with Gasteiger partial charge in [0.1, 0.15) is 0 Å². The Morgan fingerprint density at radius 3 is 2.50 bits per heavy atom. The third kappa shape index (κ3) is 2.86. The topological polar surface area (TPSA) is 83.5 Å². The van der Waals surface area contributed by atoms with Gasteiger partial charge in [0, 0.05) is 12.5 Å². The standard InChI is InChI=1S/C14H25NO4S/c1-13(2)10-6-7-14(3,9-10)12(13)15-20(18,19)8-4-5-11(16)17/h10,12,15H,4-9H2,1-3H3,(H,16,17). The molecule has 116 valence electrons. The first-order valence-corrected chi connectivity index (χ1v) is 8.94. The summed E-state index contributed by atoms with van der Waals surface area (Å²) in [6.45, 7) is 6.46. The van der Waals surface area contributed by atoms with Gasteiger partial charge in [-0.3, -0.25) is 4.79 Å². The van der Waals surface area contributed by atoms with Gasteiger partial charge in [0.05, 0.1) is 5.75 Å². The Kier molecular flexibility index (Phi) is 3.93. The Labute approximate surface area is 121 Å². The van der Waals surface area contributed by atoms with Crippen LogP contribution < -0.4 is 4.72 Å². The van der Waals surface area contributed by atoms with Crippen molar-refractivity contribution >= 4 is 16.0 Å². The average Bonchev–Trinajstić information content (AvgIpc) is 2.75. The Bertz CT molecular complexity index is 495. The molecule has 20 heavy (non-hydrogen) atoms. The molecule has 2 aliphatic carbocycles. The number of fused-ring (bicyclic) bond motifs is 2. The number of hydrogen-bond donors (Lipinski definition) is 2. The second-order valence-electron chi connectivity index (χ2n) is 7.28. The molecule has 6 heteroatoms. The van der Waals surface area contributed by atoms with Gasteiger partial charge < -0.3 is 5.11 Å². The van der Waals surface area contributed by atoms with Gasteiger partial charge in [-0.2, -0.15) is 0 Å². The number of rotatable bonds is 6. The van der Waals surface area contributed by atoms with E-state index in [1.165, 1.54) is 6.42 Å². The van der Waals surface area contributed by atoms with Gasteiger partial charge in [0.2, 0.25) is 10.0 Å². The van der Waals surface area contributed by atoms with Crippen molar-refractivity contribution in [1.29, 1.82) is 0 Å². The van der Waals surface area contributed by atoms with Crippen LogP contribution in [0.4, 0.5) is 0 Å². The maximum atomic E-state index is 12.2. The summed E-state index contributed by atoms with van der Waals surface area (Å²) in [6.07, 6.45) is 3.40. The fraction of sp³-hybridized carbons (Fsp3) is 0.929. The molecule has 3 unspecified atom stereocenters. The van der Waals surface area contributed by atoms with Gasteiger partial charge >= 0.3 is 5.97 Å². The zero-order valence-electron chi connectivity index (χ0n) is 12.5. The van der Waals surface area contributed by atoms with Gasteiger partial charge in [0.25, 0.3) is 0 Å². The molecule has 0 aromatic heterocycles. The van der Waals surface area contributed by atoms with Gasteiger partial charge in [0.15, 0.2) is 0 Å². The first kappa shape index (κ1) is 15.8. The van der Waals surface area contributed by atoms with Crippen molar-refractivity contribution in [3.8, 4) is 0 Å². The van der Waals surface area contributed by atoms with Crippen LogP contribution in [0.2, 0.25) is 0 Å². The van der Waals surface area contributed by atoms with Crippen molar-refractivity contribution in [3.05, 3.63) is 0 Å². The number of carbonyl (C=O) groups is 1. The van der Waals surface area contributed by atoms with E-state index in [1.54, 1.807) is 0 Å². The lowest BCUT2D eigenvalue weighted by Gasteiger charge is -2.42. The van der Waals surface area contributed by atoms with Crippen LogP contribution in [0, 0.1) is 16.7 Å². The molecule has 2 N–H and O–H groups in total. The maximum Gasteiger partial charge on any atom is 0.303 e. The van der Waals surface area contributed by atoms with Crippen LogP contribution in [0.15, 0.2) is 0 Å². The van der Waals surface area contributed by atoms with Crippen molar-refractivity contribution < 1.29 is 18.3 Å². The largest absolute Gasteiger partial charge is 0.481 e. The van der Waals surface area contributed by atoms with E-state index >= 15 is 0 Å². The molecule has 2 saturated carbocycles. The highest BCUT2D eigenvalue weighted by molar-refractivity contribution is 7.89. The van der Waals surface area contributed by atoms with Crippen LogP contribution in [0.3, 0.4) is 0 Å². The van der Waals surface area contributed by atoms with Crippen molar-refractivity contribution in [2.75, 3.05) is 5.75 Å². The third-order valence-corrected chi connectivity index (χ3v) is 6.79. The van der Waals surface area contributed by atoms with E-state index in [0.29, 0.717) is 5.92 Å². The number of aliphatic carboxylic acids is 1. The summed E-state index contributed by atoms with van der Waals surface area (Å²) in [7, 11) is -3.41. The number of nitrogens with one attached hydrogen (secondary N) is 1. The Morgan fingerprint density at radius 2 is 2.00 bits per heavy atom. The highest BCUT2D eigenvalue weighted by Gasteiger charge is 2.60. The molecule has 0 aromatic carbocycles. The number of carboxylic acids is 1. The van der Waals surface area contributed by atoms with E-state index in [1.807, 2.05) is 0 Å². The van der Waals surface area contributed by atoms with Gasteiger partial charge in [-0.1, -0.05) is 20.8 Å². The van der Waals surface area contributed by atoms with E-state index in [9.17, 15) is 13.2 Å². The molecule has 2 aliphatic rings. The summed E-state index contributed by atoms with van der Waals surface area (Å²) < 4.78 is 27.2. The molecular weight excluding hydrogens is 278 g/mol. The lowest BCUT2D eigenvalue weighted by Crippen LogP contribution is -2.52. The lowest BCUT2D eigenvalue weighted by molar-refractivity contribution is -0.137. The molecule has 5 nitrogen and oxygen atoms in total. The molecule has 2 bridgehead atoms. The molecule has 3 atom stereocenters. The first-order valence-electron chi connectivity index (χ1n) is 7.29. The van der Waals surface area contributed by atoms with Crippen LogP contribution in [0.1, 0.15) is 52.9 Å². The number of hydrogen-bond acceptors (Lipinski definition) is 3. The van der Waals surface area contributed by atoms with Gasteiger partial charge in [-0.15, -0.1) is 0 Å². The highest BCUT2D eigenvalue weighted by atomic mass is 32.2. The van der Waals surface area contributed by atoms with E-state index in [2.05, 4.69) is 25.5 Å². The van der Waals surface area contributed by atoms with Crippen molar-refractivity contribution in [3.63, 3.8) is 0 Å². The third-order valence-electron chi connectivity index (χ3n) is 5.37. The molecule has 2 rings (SSSR count). The molecule has 0 aromatic rings. The summed E-state index contributed by atoms with van der Waals surface area (Å²) in [5.41, 5.74) is 0.0287. The minimum Gasteiger partial charge on any atom is -0.481 e. The normalized spacial score (nSPS) is 35.4. The first-order chi connectivity index (χ1) is 9.07. The van der Waals surface area contributed by atoms with Crippen LogP contribution in [-0.2, 0) is 14.8 Å². The minimum absolute atomic E-state index is 0.0210. The van der Waals surface area contributed by atoms with Crippen molar-refractivity contribution in [2.45, 2.75) is 58.9 Å². The summed E-state index contributed by atoms with van der Waals surface area (Å²) in [5, 5.41) is 8.59. The highest BCUT2D eigenvalue weighted by Crippen LogP contribution is 2.62. The van der Waals surface area contributed by atoms with Crippen LogP contribution in [0.25, 0.3) is 0 Å². The van der Waals surface area contributed by atoms with Gasteiger partial charge in [-0.05, 0) is 42.4 Å². The van der Waals surface area contributed by atoms with E-state index in [-0.39, 0.29) is 35.5 Å². The summed E-state index contributed by atoms with van der Waals surface area (Å²) in [5.74, 6) is -0.473. The molecule has 0 radical (unpaired) electrons. The molecule has 0 saturated heterocycles. The van der Waals surface area contributed by atoms with Crippen molar-refractivity contribution in [1.82, 2.24) is 4.72 Å². The van der Waals surface area contributed by atoms with Crippen LogP contribution in [0.5, 0.6) is 0 Å². The van der Waals surface area contributed by atoms with E-state index in [4.69, 9.17) is 5.11 Å². The van der Waals surface area contributed by atoms with Gasteiger partial charge in [-0.25, -0.2) is 13.1 Å². The second-order valence-corrected chi connectivity index (χ2v) is 9.16. The summed E-state index contributed by atoms with van der Waals surface area (Å²) in [6, 6.07) is -0.0384. The van der Waals surface area contributed by atoms with Crippen LogP contribution >= 0.6 is 0 Å². The Morgan fingerprint density at radius 1 is 1.35 bits per heavy atom. The molecule has 0 spiro atoms. The number of sulfonamides is 1. The SMILES string of the molecule is CC12CCC(C1)C(C)(C)C2NS(=O)(=O)CCCC(=O)O. The second kappa shape index (κ2) is 4.98.